The molecular weight excluding hydrogens is 402 g/mol. The Balaban J connectivity index is 1.49. The summed E-state index contributed by atoms with van der Waals surface area (Å²) in [6, 6.07) is 31.2. The molecule has 3 nitrogen and oxygen atoms in total. The highest BCUT2D eigenvalue weighted by atomic mass is 35.5. The van der Waals surface area contributed by atoms with E-state index in [0.29, 0.717) is 0 Å². The average Bonchev–Trinajstić information content (AvgIpc) is 3.36. The SMILES string of the molecule is Clc1cc(N2CCCC2)ccc1/C=N/N(c1ccccc1)c1ccc2ccccc2c1. The van der Waals surface area contributed by atoms with Crippen molar-refractivity contribution in [1.82, 2.24) is 0 Å². The van der Waals surface area contributed by atoms with E-state index < -0.39 is 0 Å². The Morgan fingerprint density at radius 1 is 0.742 bits per heavy atom. The maximum atomic E-state index is 6.62. The van der Waals surface area contributed by atoms with Crippen LogP contribution < -0.4 is 9.91 Å². The fraction of sp³-hybridized carbons (Fsp3) is 0.148. The number of hydrogen-bond acceptors (Lipinski definition) is 3. The summed E-state index contributed by atoms with van der Waals surface area (Å²) in [5.74, 6) is 0. The van der Waals surface area contributed by atoms with Gasteiger partial charge in [-0.2, -0.15) is 5.10 Å². The minimum Gasteiger partial charge on any atom is -0.371 e. The van der Waals surface area contributed by atoms with E-state index in [2.05, 4.69) is 77.7 Å². The maximum Gasteiger partial charge on any atom is 0.0659 e. The lowest BCUT2D eigenvalue weighted by Crippen LogP contribution is -2.17. The van der Waals surface area contributed by atoms with Gasteiger partial charge in [-0.05, 0) is 66.1 Å². The van der Waals surface area contributed by atoms with Crippen molar-refractivity contribution in [1.29, 1.82) is 0 Å². The summed E-state index contributed by atoms with van der Waals surface area (Å²) in [6.07, 6.45) is 4.34. The summed E-state index contributed by atoms with van der Waals surface area (Å²) in [5.41, 5.74) is 4.10. The molecule has 0 N–H and O–H groups in total. The average molecular weight is 426 g/mol. The summed E-state index contributed by atoms with van der Waals surface area (Å²) in [5, 5.41) is 9.91. The van der Waals surface area contributed by atoms with Crippen molar-refractivity contribution in [2.75, 3.05) is 23.0 Å². The Morgan fingerprint density at radius 2 is 1.48 bits per heavy atom. The first-order valence-corrected chi connectivity index (χ1v) is 11.1. The maximum absolute atomic E-state index is 6.62. The quantitative estimate of drug-likeness (QED) is 0.247. The molecule has 0 unspecified atom stereocenters. The third-order valence-corrected chi connectivity index (χ3v) is 6.07. The van der Waals surface area contributed by atoms with Crippen LogP contribution in [0.1, 0.15) is 18.4 Å². The number of fused-ring (bicyclic) bond motifs is 1. The van der Waals surface area contributed by atoms with E-state index in [1.54, 1.807) is 0 Å². The lowest BCUT2D eigenvalue weighted by molar-refractivity contribution is 0.949. The highest BCUT2D eigenvalue weighted by molar-refractivity contribution is 6.33. The number of anilines is 3. The first-order chi connectivity index (χ1) is 15.3. The largest absolute Gasteiger partial charge is 0.371 e. The summed E-state index contributed by atoms with van der Waals surface area (Å²) >= 11 is 6.62. The molecule has 0 saturated carbocycles. The zero-order chi connectivity index (χ0) is 21.0. The molecule has 0 aliphatic carbocycles. The lowest BCUT2D eigenvalue weighted by atomic mass is 10.1. The minimum absolute atomic E-state index is 0.722. The highest BCUT2D eigenvalue weighted by Crippen LogP contribution is 2.30. The molecule has 0 amide bonds. The predicted octanol–water partition coefficient (Wildman–Crippen LogP) is 7.27. The Morgan fingerprint density at radius 3 is 2.26 bits per heavy atom. The Kier molecular flexibility index (Phi) is 5.59. The molecule has 0 bridgehead atoms. The van der Waals surface area contributed by atoms with E-state index in [4.69, 9.17) is 16.7 Å². The first kappa shape index (κ1) is 19.7. The monoisotopic (exact) mass is 425 g/mol. The van der Waals surface area contributed by atoms with E-state index in [9.17, 15) is 0 Å². The summed E-state index contributed by atoms with van der Waals surface area (Å²) in [7, 11) is 0. The van der Waals surface area contributed by atoms with Gasteiger partial charge >= 0.3 is 0 Å². The topological polar surface area (TPSA) is 18.8 Å². The molecule has 1 saturated heterocycles. The van der Waals surface area contributed by atoms with Gasteiger partial charge in [0.15, 0.2) is 0 Å². The molecule has 1 aliphatic heterocycles. The molecule has 1 heterocycles. The van der Waals surface area contributed by atoms with E-state index in [-0.39, 0.29) is 0 Å². The van der Waals surface area contributed by atoms with Gasteiger partial charge in [0.1, 0.15) is 0 Å². The fourth-order valence-electron chi connectivity index (χ4n) is 4.07. The van der Waals surface area contributed by atoms with Crippen LogP contribution in [0.4, 0.5) is 17.1 Å². The molecular formula is C27H24ClN3. The van der Waals surface area contributed by atoms with Crippen molar-refractivity contribution < 1.29 is 0 Å². The Labute approximate surface area is 188 Å². The van der Waals surface area contributed by atoms with Crippen LogP contribution in [0.25, 0.3) is 10.8 Å². The zero-order valence-electron chi connectivity index (χ0n) is 17.3. The van der Waals surface area contributed by atoms with Gasteiger partial charge < -0.3 is 4.90 Å². The number of hydrazone groups is 1. The van der Waals surface area contributed by atoms with Crippen molar-refractivity contribution in [3.63, 3.8) is 0 Å². The van der Waals surface area contributed by atoms with Crippen LogP contribution in [0, 0.1) is 0 Å². The molecule has 0 atom stereocenters. The Hall–Kier alpha value is -3.30. The van der Waals surface area contributed by atoms with Crippen molar-refractivity contribution in [2.45, 2.75) is 12.8 Å². The number of halogens is 1. The zero-order valence-corrected chi connectivity index (χ0v) is 18.0. The standard InChI is InChI=1S/C27H24ClN3/c28-27-19-25(30-16-6-7-17-30)14-13-23(27)20-29-31(24-10-2-1-3-11-24)26-15-12-21-8-4-5-9-22(21)18-26/h1-5,8-15,18-20H,6-7,16-17H2/b29-20+. The highest BCUT2D eigenvalue weighted by Gasteiger charge is 2.14. The third kappa shape index (κ3) is 4.28. The second-order valence-corrected chi connectivity index (χ2v) is 8.23. The van der Waals surface area contributed by atoms with Crippen LogP contribution in [-0.2, 0) is 0 Å². The number of para-hydroxylation sites is 1. The Bertz CT molecular complexity index is 1210. The van der Waals surface area contributed by atoms with E-state index in [1.807, 2.05) is 29.4 Å². The minimum atomic E-state index is 0.722. The second-order valence-electron chi connectivity index (χ2n) is 7.82. The van der Waals surface area contributed by atoms with Gasteiger partial charge in [0.2, 0.25) is 0 Å². The van der Waals surface area contributed by atoms with Crippen molar-refractivity contribution >= 4 is 45.7 Å². The third-order valence-electron chi connectivity index (χ3n) is 5.75. The number of rotatable bonds is 5. The van der Waals surface area contributed by atoms with Crippen LogP contribution in [0.2, 0.25) is 5.02 Å². The molecule has 154 valence electrons. The molecule has 1 aliphatic rings. The molecule has 4 aromatic rings. The lowest BCUT2D eigenvalue weighted by Gasteiger charge is -2.20. The van der Waals surface area contributed by atoms with Crippen molar-refractivity contribution in [3.8, 4) is 0 Å². The molecule has 31 heavy (non-hydrogen) atoms. The predicted molar refractivity (Wildman–Crippen MR) is 133 cm³/mol. The van der Waals surface area contributed by atoms with Gasteiger partial charge in [-0.1, -0.05) is 60.1 Å². The van der Waals surface area contributed by atoms with Gasteiger partial charge in [-0.25, -0.2) is 5.01 Å². The fourth-order valence-corrected chi connectivity index (χ4v) is 4.30. The van der Waals surface area contributed by atoms with Crippen LogP contribution in [0.5, 0.6) is 0 Å². The normalized spacial score (nSPS) is 13.9. The summed E-state index contributed by atoms with van der Waals surface area (Å²) < 4.78 is 0. The van der Waals surface area contributed by atoms with Gasteiger partial charge in [0.05, 0.1) is 22.6 Å². The van der Waals surface area contributed by atoms with Gasteiger partial charge in [-0.15, -0.1) is 0 Å². The van der Waals surface area contributed by atoms with Crippen molar-refractivity contribution in [3.05, 3.63) is 102 Å². The molecule has 0 aromatic heterocycles. The number of hydrogen-bond donors (Lipinski definition) is 0. The summed E-state index contributed by atoms with van der Waals surface area (Å²) in [6.45, 7) is 2.21. The van der Waals surface area contributed by atoms with E-state index in [0.717, 1.165) is 35.1 Å². The van der Waals surface area contributed by atoms with Crippen molar-refractivity contribution in [2.24, 2.45) is 5.10 Å². The van der Waals surface area contributed by atoms with E-state index in [1.165, 1.54) is 29.3 Å². The summed E-state index contributed by atoms with van der Waals surface area (Å²) in [4.78, 5) is 2.39. The first-order valence-electron chi connectivity index (χ1n) is 10.7. The molecule has 4 heteroatoms. The number of nitrogens with zero attached hydrogens (tertiary/aromatic N) is 3. The molecule has 0 radical (unpaired) electrons. The molecule has 1 fully saturated rings. The molecule has 5 rings (SSSR count). The molecule has 4 aromatic carbocycles. The number of benzene rings is 4. The van der Waals surface area contributed by atoms with Crippen LogP contribution >= 0.6 is 11.6 Å². The van der Waals surface area contributed by atoms with Crippen LogP contribution in [0.15, 0.2) is 96.1 Å². The van der Waals surface area contributed by atoms with Gasteiger partial charge in [-0.3, -0.25) is 0 Å². The second kappa shape index (κ2) is 8.83. The smallest absolute Gasteiger partial charge is 0.0659 e. The van der Waals surface area contributed by atoms with Crippen LogP contribution in [-0.4, -0.2) is 19.3 Å². The molecule has 0 spiro atoms. The van der Waals surface area contributed by atoms with Gasteiger partial charge in [0.25, 0.3) is 0 Å². The van der Waals surface area contributed by atoms with Crippen LogP contribution in [0.3, 0.4) is 0 Å². The van der Waals surface area contributed by atoms with Gasteiger partial charge in [0, 0.05) is 24.3 Å². The van der Waals surface area contributed by atoms with E-state index >= 15 is 0 Å².